The molecule has 3 rings (SSSR count). The van der Waals surface area contributed by atoms with Gasteiger partial charge in [-0.05, 0) is 37.6 Å². The third-order valence-electron chi connectivity index (χ3n) is 4.58. The summed E-state index contributed by atoms with van der Waals surface area (Å²) in [6, 6.07) is 6.42. The van der Waals surface area contributed by atoms with Gasteiger partial charge in [-0.25, -0.2) is 0 Å². The second-order valence-electron chi connectivity index (χ2n) is 5.93. The lowest BCUT2D eigenvalue weighted by Crippen LogP contribution is -2.38. The van der Waals surface area contributed by atoms with Gasteiger partial charge < -0.3 is 9.47 Å². The molecule has 0 amide bonds. The van der Waals surface area contributed by atoms with E-state index in [2.05, 4.69) is 28.0 Å². The van der Waals surface area contributed by atoms with Crippen molar-refractivity contribution in [2.24, 2.45) is 0 Å². The first-order valence-electron chi connectivity index (χ1n) is 8.04. The monoisotopic (exact) mass is 290 g/mol. The number of fused-ring (bicyclic) bond motifs is 1. The fourth-order valence-corrected chi connectivity index (χ4v) is 3.33. The number of morpholine rings is 1. The quantitative estimate of drug-likeness (QED) is 0.825. The van der Waals surface area contributed by atoms with Crippen LogP contribution >= 0.6 is 0 Å². The van der Waals surface area contributed by atoms with Gasteiger partial charge in [-0.2, -0.15) is 0 Å². The fourth-order valence-electron chi connectivity index (χ4n) is 3.33. The smallest absolute Gasteiger partial charge is 0.123 e. The summed E-state index contributed by atoms with van der Waals surface area (Å²) in [6.07, 6.45) is 2.38. The molecule has 4 heteroatoms. The molecule has 2 aliphatic heterocycles. The van der Waals surface area contributed by atoms with E-state index in [1.807, 2.05) is 0 Å². The number of hydrogen-bond acceptors (Lipinski definition) is 4. The summed E-state index contributed by atoms with van der Waals surface area (Å²) >= 11 is 0. The summed E-state index contributed by atoms with van der Waals surface area (Å²) < 4.78 is 10.9. The third-order valence-corrected chi connectivity index (χ3v) is 4.58. The number of ether oxygens (including phenoxy) is 2. The molecular formula is C17H26N2O2. The number of hydrogen-bond donors (Lipinski definition) is 0. The Morgan fingerprint density at radius 1 is 1.10 bits per heavy atom. The Kier molecular flexibility index (Phi) is 5.12. The molecule has 0 radical (unpaired) electrons. The maximum Gasteiger partial charge on any atom is 0.123 e. The maximum atomic E-state index is 5.51. The molecule has 2 aliphatic rings. The van der Waals surface area contributed by atoms with E-state index in [0.717, 1.165) is 45.0 Å². The molecule has 1 aromatic rings. The molecular weight excluding hydrogens is 264 g/mol. The molecule has 0 N–H and O–H groups in total. The van der Waals surface area contributed by atoms with Crippen molar-refractivity contribution in [1.82, 2.24) is 9.80 Å². The topological polar surface area (TPSA) is 24.9 Å². The van der Waals surface area contributed by atoms with Gasteiger partial charge in [0.1, 0.15) is 5.75 Å². The average Bonchev–Trinajstić information content (AvgIpc) is 2.55. The van der Waals surface area contributed by atoms with Crippen LogP contribution in [0, 0.1) is 0 Å². The molecule has 1 fully saturated rings. The molecule has 0 aliphatic carbocycles. The molecule has 21 heavy (non-hydrogen) atoms. The van der Waals surface area contributed by atoms with Gasteiger partial charge in [0.15, 0.2) is 0 Å². The van der Waals surface area contributed by atoms with E-state index in [9.17, 15) is 0 Å². The van der Waals surface area contributed by atoms with Gasteiger partial charge in [-0.3, -0.25) is 9.80 Å². The first kappa shape index (κ1) is 14.8. The van der Waals surface area contributed by atoms with E-state index in [0.29, 0.717) is 0 Å². The van der Waals surface area contributed by atoms with E-state index in [4.69, 9.17) is 9.47 Å². The van der Waals surface area contributed by atoms with Crippen LogP contribution in [0.5, 0.6) is 5.75 Å². The van der Waals surface area contributed by atoms with E-state index >= 15 is 0 Å². The van der Waals surface area contributed by atoms with Crippen LogP contribution < -0.4 is 4.74 Å². The number of nitrogens with zero attached hydrogens (tertiary/aromatic N) is 2. The van der Waals surface area contributed by atoms with Crippen LogP contribution in [0.15, 0.2) is 18.2 Å². The number of benzene rings is 1. The van der Waals surface area contributed by atoms with Crippen LogP contribution in [0.1, 0.15) is 17.5 Å². The molecule has 0 unspecified atom stereocenters. The number of rotatable bonds is 5. The Balaban J connectivity index is 1.49. The zero-order chi connectivity index (χ0) is 14.5. The van der Waals surface area contributed by atoms with E-state index in [1.54, 1.807) is 7.11 Å². The van der Waals surface area contributed by atoms with E-state index in [-0.39, 0.29) is 0 Å². The minimum atomic E-state index is 0.897. The summed E-state index contributed by atoms with van der Waals surface area (Å²) in [7, 11) is 1.77. The van der Waals surface area contributed by atoms with Crippen LogP contribution in [0.3, 0.4) is 0 Å². The highest BCUT2D eigenvalue weighted by molar-refractivity contribution is 5.41. The summed E-state index contributed by atoms with van der Waals surface area (Å²) in [5, 5.41) is 0. The van der Waals surface area contributed by atoms with Gasteiger partial charge in [0, 0.05) is 31.7 Å². The summed E-state index contributed by atoms with van der Waals surface area (Å²) in [6.45, 7) is 8.55. The summed E-state index contributed by atoms with van der Waals surface area (Å²) in [5.74, 6) is 1.05. The van der Waals surface area contributed by atoms with Crippen molar-refractivity contribution in [3.05, 3.63) is 29.3 Å². The van der Waals surface area contributed by atoms with Crippen LogP contribution in [-0.4, -0.2) is 62.8 Å². The van der Waals surface area contributed by atoms with Crippen LogP contribution in [0.25, 0.3) is 0 Å². The zero-order valence-electron chi connectivity index (χ0n) is 13.0. The molecule has 1 saturated heterocycles. The predicted molar refractivity (Wildman–Crippen MR) is 83.9 cm³/mol. The first-order chi connectivity index (χ1) is 10.4. The SMILES string of the molecule is COc1cccc2c1CN(CCCN1CCOCC1)CC2. The second-order valence-corrected chi connectivity index (χ2v) is 5.93. The Hall–Kier alpha value is -1.10. The third kappa shape index (κ3) is 3.76. The van der Waals surface area contributed by atoms with Gasteiger partial charge in [0.05, 0.1) is 20.3 Å². The van der Waals surface area contributed by atoms with Gasteiger partial charge >= 0.3 is 0 Å². The lowest BCUT2D eigenvalue weighted by molar-refractivity contribution is 0.0359. The molecule has 4 nitrogen and oxygen atoms in total. The second kappa shape index (κ2) is 7.25. The highest BCUT2D eigenvalue weighted by Crippen LogP contribution is 2.27. The highest BCUT2D eigenvalue weighted by atomic mass is 16.5. The highest BCUT2D eigenvalue weighted by Gasteiger charge is 2.19. The standard InChI is InChI=1S/C17H26N2O2/c1-20-17-5-2-4-15-6-9-19(14-16(15)17)8-3-7-18-10-12-21-13-11-18/h2,4-5H,3,6-14H2,1H3. The van der Waals surface area contributed by atoms with Crippen molar-refractivity contribution in [1.29, 1.82) is 0 Å². The van der Waals surface area contributed by atoms with Crippen molar-refractivity contribution in [2.45, 2.75) is 19.4 Å². The summed E-state index contributed by atoms with van der Waals surface area (Å²) in [5.41, 5.74) is 2.84. The van der Waals surface area contributed by atoms with Crippen molar-refractivity contribution in [3.63, 3.8) is 0 Å². The largest absolute Gasteiger partial charge is 0.496 e. The van der Waals surface area contributed by atoms with E-state index < -0.39 is 0 Å². The van der Waals surface area contributed by atoms with Gasteiger partial charge in [0.2, 0.25) is 0 Å². The minimum Gasteiger partial charge on any atom is -0.496 e. The lowest BCUT2D eigenvalue weighted by atomic mass is 9.98. The Bertz CT molecular complexity index is 444. The van der Waals surface area contributed by atoms with Crippen molar-refractivity contribution in [2.75, 3.05) is 53.0 Å². The van der Waals surface area contributed by atoms with Crippen molar-refractivity contribution < 1.29 is 9.47 Å². The lowest BCUT2D eigenvalue weighted by Gasteiger charge is -2.31. The molecule has 0 bridgehead atoms. The molecule has 0 spiro atoms. The molecule has 0 atom stereocenters. The first-order valence-corrected chi connectivity index (χ1v) is 8.04. The predicted octanol–water partition coefficient (Wildman–Crippen LogP) is 1.78. The molecule has 2 heterocycles. The maximum absolute atomic E-state index is 5.51. The Morgan fingerprint density at radius 2 is 1.90 bits per heavy atom. The molecule has 0 saturated carbocycles. The van der Waals surface area contributed by atoms with Crippen molar-refractivity contribution >= 4 is 0 Å². The molecule has 1 aromatic carbocycles. The zero-order valence-corrected chi connectivity index (χ0v) is 13.0. The minimum absolute atomic E-state index is 0.897. The van der Waals surface area contributed by atoms with Gasteiger partial charge in [-0.15, -0.1) is 0 Å². The van der Waals surface area contributed by atoms with Crippen LogP contribution in [0.2, 0.25) is 0 Å². The van der Waals surface area contributed by atoms with Crippen LogP contribution in [-0.2, 0) is 17.7 Å². The average molecular weight is 290 g/mol. The van der Waals surface area contributed by atoms with E-state index in [1.165, 1.54) is 37.2 Å². The fraction of sp³-hybridized carbons (Fsp3) is 0.647. The number of methoxy groups -OCH3 is 1. The van der Waals surface area contributed by atoms with Crippen LogP contribution in [0.4, 0.5) is 0 Å². The normalized spacial score (nSPS) is 20.2. The van der Waals surface area contributed by atoms with Crippen molar-refractivity contribution in [3.8, 4) is 5.75 Å². The molecule has 116 valence electrons. The van der Waals surface area contributed by atoms with Gasteiger partial charge in [0.25, 0.3) is 0 Å². The Labute approximate surface area is 127 Å². The summed E-state index contributed by atoms with van der Waals surface area (Å²) in [4.78, 5) is 5.08. The van der Waals surface area contributed by atoms with Gasteiger partial charge in [-0.1, -0.05) is 12.1 Å². The molecule has 0 aromatic heterocycles. The Morgan fingerprint density at radius 3 is 2.71 bits per heavy atom.